The predicted molar refractivity (Wildman–Crippen MR) is 102 cm³/mol. The van der Waals surface area contributed by atoms with Crippen molar-refractivity contribution >= 4 is 24.0 Å². The SMILES string of the molecule is C[C@@H](O)[C@H](N)C(=O)N1CCC[C@H]1C(=O)N(C(=O)[C@H]1CCNC1)[C@](N)(C=O)[C@@H](C)O. The van der Waals surface area contributed by atoms with Gasteiger partial charge in [-0.3, -0.25) is 29.8 Å². The Hall–Kier alpha value is -1.92. The second kappa shape index (κ2) is 9.26. The number of carbonyl (C=O) groups is 4. The van der Waals surface area contributed by atoms with E-state index in [9.17, 15) is 29.4 Å². The molecule has 2 heterocycles. The molecule has 6 atom stereocenters. The van der Waals surface area contributed by atoms with E-state index in [1.165, 1.54) is 18.7 Å². The summed E-state index contributed by atoms with van der Waals surface area (Å²) in [6, 6.07) is -2.29. The molecule has 7 N–H and O–H groups in total. The molecule has 2 aliphatic heterocycles. The third kappa shape index (κ3) is 4.48. The lowest BCUT2D eigenvalue weighted by atomic mass is 9.98. The van der Waals surface area contributed by atoms with Crippen LogP contribution in [0.1, 0.15) is 33.1 Å². The van der Waals surface area contributed by atoms with Crippen molar-refractivity contribution in [2.24, 2.45) is 17.4 Å². The number of aliphatic hydroxyl groups is 2. The monoisotopic (exact) mass is 413 g/mol. The van der Waals surface area contributed by atoms with Crippen molar-refractivity contribution in [1.29, 1.82) is 0 Å². The Morgan fingerprint density at radius 3 is 2.38 bits per heavy atom. The summed E-state index contributed by atoms with van der Waals surface area (Å²) < 4.78 is 0. The molecule has 2 fully saturated rings. The number of nitrogens with two attached hydrogens (primary N) is 2. The van der Waals surface area contributed by atoms with E-state index in [0.29, 0.717) is 30.8 Å². The summed E-state index contributed by atoms with van der Waals surface area (Å²) in [4.78, 5) is 52.8. The number of rotatable bonds is 7. The first-order chi connectivity index (χ1) is 13.6. The van der Waals surface area contributed by atoms with Crippen LogP contribution in [0, 0.1) is 5.92 Å². The number of aliphatic hydroxyl groups excluding tert-OH is 2. The summed E-state index contributed by atoms with van der Waals surface area (Å²) in [6.45, 7) is 3.69. The molecule has 0 aliphatic carbocycles. The average Bonchev–Trinajstić information content (AvgIpc) is 3.37. The standard InChI is InChI=1S/C18H31N5O6/c1-10(25)14(19)17(29)22-7-3-4-13(22)16(28)23(18(20,9-24)11(2)26)15(27)12-5-6-21-8-12/h9-14,21,25-26H,3-8,19-20H2,1-2H3/t10-,11-,12+,13+,14+,18-/m1/s1. The Morgan fingerprint density at radius 2 is 1.90 bits per heavy atom. The first-order valence-corrected chi connectivity index (χ1v) is 9.82. The number of nitrogens with zero attached hydrogens (tertiary/aromatic N) is 2. The van der Waals surface area contributed by atoms with E-state index < -0.39 is 53.6 Å². The lowest BCUT2D eigenvalue weighted by molar-refractivity contribution is -0.166. The van der Waals surface area contributed by atoms with Gasteiger partial charge in [-0.05, 0) is 39.7 Å². The van der Waals surface area contributed by atoms with Crippen molar-refractivity contribution in [2.45, 2.75) is 63.1 Å². The van der Waals surface area contributed by atoms with Crippen LogP contribution < -0.4 is 16.8 Å². The number of likely N-dealkylation sites (tertiary alicyclic amines) is 1. The number of imide groups is 1. The van der Waals surface area contributed by atoms with E-state index in [1.807, 2.05) is 0 Å². The van der Waals surface area contributed by atoms with Crippen LogP contribution in [-0.2, 0) is 19.2 Å². The van der Waals surface area contributed by atoms with Crippen LogP contribution in [-0.4, -0.2) is 93.6 Å². The topological polar surface area (TPSA) is 179 Å². The third-order valence-corrected chi connectivity index (χ3v) is 5.72. The van der Waals surface area contributed by atoms with Crippen molar-refractivity contribution in [3.8, 4) is 0 Å². The first-order valence-electron chi connectivity index (χ1n) is 9.82. The first kappa shape index (κ1) is 23.4. The smallest absolute Gasteiger partial charge is 0.253 e. The molecule has 0 saturated carbocycles. The molecule has 0 radical (unpaired) electrons. The van der Waals surface area contributed by atoms with Crippen LogP contribution in [0.2, 0.25) is 0 Å². The fourth-order valence-electron chi connectivity index (χ4n) is 3.71. The van der Waals surface area contributed by atoms with Crippen molar-refractivity contribution in [2.75, 3.05) is 19.6 Å². The minimum Gasteiger partial charge on any atom is -0.391 e. The molecular formula is C18H31N5O6. The molecule has 2 rings (SSSR count). The molecule has 11 heteroatoms. The summed E-state index contributed by atoms with van der Waals surface area (Å²) in [6.07, 6.45) is -1.28. The number of nitrogens with one attached hydrogen (secondary N) is 1. The molecule has 0 aromatic carbocycles. The summed E-state index contributed by atoms with van der Waals surface area (Å²) >= 11 is 0. The van der Waals surface area contributed by atoms with E-state index in [0.717, 1.165) is 0 Å². The molecule has 0 aromatic rings. The van der Waals surface area contributed by atoms with Crippen LogP contribution in [0.25, 0.3) is 0 Å². The largest absolute Gasteiger partial charge is 0.391 e. The zero-order chi connectivity index (χ0) is 21.9. The number of hydrogen-bond donors (Lipinski definition) is 5. The number of carbonyl (C=O) groups excluding carboxylic acids is 4. The Morgan fingerprint density at radius 1 is 1.24 bits per heavy atom. The summed E-state index contributed by atoms with van der Waals surface area (Å²) in [5, 5.41) is 22.7. The molecule has 11 nitrogen and oxygen atoms in total. The van der Waals surface area contributed by atoms with Crippen molar-refractivity contribution in [1.82, 2.24) is 15.1 Å². The van der Waals surface area contributed by atoms with Gasteiger partial charge >= 0.3 is 0 Å². The Labute approximate surface area is 169 Å². The Bertz CT molecular complexity index is 651. The van der Waals surface area contributed by atoms with Gasteiger partial charge in [0.25, 0.3) is 5.91 Å². The second-order valence-electron chi connectivity index (χ2n) is 7.84. The molecule has 29 heavy (non-hydrogen) atoms. The molecule has 2 aliphatic rings. The van der Waals surface area contributed by atoms with Gasteiger partial charge in [0.2, 0.25) is 11.8 Å². The van der Waals surface area contributed by atoms with E-state index in [2.05, 4.69) is 5.32 Å². The zero-order valence-electron chi connectivity index (χ0n) is 16.8. The van der Waals surface area contributed by atoms with Crippen molar-refractivity contribution in [3.63, 3.8) is 0 Å². The van der Waals surface area contributed by atoms with Crippen LogP contribution in [0.15, 0.2) is 0 Å². The summed E-state index contributed by atoms with van der Waals surface area (Å²) in [5.41, 5.74) is 9.50. The summed E-state index contributed by atoms with van der Waals surface area (Å²) in [5.74, 6) is -2.71. The lowest BCUT2D eigenvalue weighted by Crippen LogP contribution is -2.70. The number of hydrogen-bond acceptors (Lipinski definition) is 9. The fraction of sp³-hybridized carbons (Fsp3) is 0.778. The maximum Gasteiger partial charge on any atom is 0.253 e. The average molecular weight is 413 g/mol. The molecule has 0 unspecified atom stereocenters. The highest BCUT2D eigenvalue weighted by atomic mass is 16.3. The van der Waals surface area contributed by atoms with Crippen molar-refractivity contribution < 1.29 is 29.4 Å². The van der Waals surface area contributed by atoms with Gasteiger partial charge in [0.05, 0.1) is 18.1 Å². The van der Waals surface area contributed by atoms with Gasteiger partial charge in [-0.2, -0.15) is 0 Å². The van der Waals surface area contributed by atoms with E-state index in [4.69, 9.17) is 11.5 Å². The summed E-state index contributed by atoms with van der Waals surface area (Å²) in [7, 11) is 0. The molecule has 164 valence electrons. The maximum atomic E-state index is 13.4. The van der Waals surface area contributed by atoms with Crippen molar-refractivity contribution in [3.05, 3.63) is 0 Å². The second-order valence-corrected chi connectivity index (χ2v) is 7.84. The number of amides is 3. The van der Waals surface area contributed by atoms with Gasteiger partial charge in [0, 0.05) is 13.1 Å². The van der Waals surface area contributed by atoms with E-state index >= 15 is 0 Å². The maximum absolute atomic E-state index is 13.4. The van der Waals surface area contributed by atoms with Gasteiger partial charge in [-0.1, -0.05) is 0 Å². The molecule has 0 spiro atoms. The minimum atomic E-state index is -2.26. The highest BCUT2D eigenvalue weighted by molar-refractivity contribution is 6.03. The number of aldehydes is 1. The van der Waals surface area contributed by atoms with Gasteiger partial charge in [-0.25, -0.2) is 0 Å². The van der Waals surface area contributed by atoms with Gasteiger partial charge in [0.15, 0.2) is 11.9 Å². The fourth-order valence-corrected chi connectivity index (χ4v) is 3.71. The highest BCUT2D eigenvalue weighted by Gasteiger charge is 2.50. The quantitative estimate of drug-likeness (QED) is 0.164. The van der Waals surface area contributed by atoms with Gasteiger partial charge < -0.3 is 26.2 Å². The molecule has 3 amide bonds. The molecular weight excluding hydrogens is 382 g/mol. The molecule has 0 bridgehead atoms. The van der Waals surface area contributed by atoms with Crippen LogP contribution in [0.3, 0.4) is 0 Å². The van der Waals surface area contributed by atoms with Gasteiger partial charge in [-0.15, -0.1) is 0 Å². The molecule has 0 aromatic heterocycles. The predicted octanol–water partition coefficient (Wildman–Crippen LogP) is -3.12. The minimum absolute atomic E-state index is 0.179. The van der Waals surface area contributed by atoms with Crippen LogP contribution >= 0.6 is 0 Å². The van der Waals surface area contributed by atoms with E-state index in [-0.39, 0.29) is 19.3 Å². The van der Waals surface area contributed by atoms with Crippen LogP contribution in [0.4, 0.5) is 0 Å². The van der Waals surface area contributed by atoms with E-state index in [1.54, 1.807) is 0 Å². The van der Waals surface area contributed by atoms with Crippen LogP contribution in [0.5, 0.6) is 0 Å². The third-order valence-electron chi connectivity index (χ3n) is 5.72. The Balaban J connectivity index is 2.39. The zero-order valence-corrected chi connectivity index (χ0v) is 16.8. The Kier molecular flexibility index (Phi) is 7.46. The highest BCUT2D eigenvalue weighted by Crippen LogP contribution is 2.26. The molecule has 2 saturated heterocycles. The normalized spacial score (nSPS) is 27.0. The lowest BCUT2D eigenvalue weighted by Gasteiger charge is -2.41. The van der Waals surface area contributed by atoms with Gasteiger partial charge in [0.1, 0.15) is 12.1 Å².